The minimum atomic E-state index is -0.937. The Labute approximate surface area is 287 Å². The van der Waals surface area contributed by atoms with Crippen LogP contribution in [0.15, 0.2) is 24.3 Å². The third-order valence-electron chi connectivity index (χ3n) is 7.02. The van der Waals surface area contributed by atoms with Crippen molar-refractivity contribution in [1.29, 1.82) is 0 Å². The number of aryl methyl sites for hydroxylation is 2. The van der Waals surface area contributed by atoms with Gasteiger partial charge in [-0.2, -0.15) is 11.8 Å². The van der Waals surface area contributed by atoms with Gasteiger partial charge in [-0.25, -0.2) is 0 Å². The molecule has 14 heteroatoms. The van der Waals surface area contributed by atoms with Gasteiger partial charge in [0.2, 0.25) is 0 Å². The molecule has 1 radical (unpaired) electrons. The van der Waals surface area contributed by atoms with Gasteiger partial charge in [0.15, 0.2) is 0 Å². The Hall–Kier alpha value is -1.61. The quantitative estimate of drug-likeness (QED) is 0.209. The number of carbonyl (C=O) groups is 5. The minimum Gasteiger partial charge on any atom is -0.480 e. The van der Waals surface area contributed by atoms with E-state index in [0.29, 0.717) is 96.7 Å². The number of carboxylic acids is 1. The molecule has 1 saturated heterocycles. The van der Waals surface area contributed by atoms with Crippen molar-refractivity contribution in [2.24, 2.45) is 0 Å². The molecule has 0 spiro atoms. The number of ketones is 2. The third kappa shape index (κ3) is 18.1. The van der Waals surface area contributed by atoms with E-state index in [1.165, 1.54) is 11.8 Å². The zero-order valence-corrected chi connectivity index (χ0v) is 27.2. The van der Waals surface area contributed by atoms with Crippen LogP contribution in [0.4, 0.5) is 0 Å². The van der Waals surface area contributed by atoms with Crippen LogP contribution in [0.5, 0.6) is 0 Å². The molecule has 43 heavy (non-hydrogen) atoms. The average Bonchev–Trinajstić information content (AvgIpc) is 2.97. The van der Waals surface area contributed by atoms with E-state index in [1.54, 1.807) is 0 Å². The molecule has 0 saturated carbocycles. The fraction of sp³-hybridized carbons (Fsp3) is 0.621. The second-order valence-electron chi connectivity index (χ2n) is 10.3. The van der Waals surface area contributed by atoms with Gasteiger partial charge in [0, 0.05) is 102 Å². The summed E-state index contributed by atoms with van der Waals surface area (Å²) in [7, 11) is 0. The fourth-order valence-electron chi connectivity index (χ4n) is 4.69. The Morgan fingerprint density at radius 1 is 0.767 bits per heavy atom. The van der Waals surface area contributed by atoms with Crippen molar-refractivity contribution in [3.05, 3.63) is 35.4 Å². The largest absolute Gasteiger partial charge is 0.480 e. The fourth-order valence-corrected chi connectivity index (χ4v) is 5.15. The second kappa shape index (κ2) is 23.7. The van der Waals surface area contributed by atoms with E-state index in [4.69, 9.17) is 9.47 Å². The van der Waals surface area contributed by atoms with Crippen molar-refractivity contribution < 1.29 is 75.4 Å². The molecule has 1 heterocycles. The predicted octanol–water partition coefficient (Wildman–Crippen LogP) is 0.620. The number of nitrogens with zero attached hydrogens (tertiary/aromatic N) is 4. The maximum atomic E-state index is 13.1. The smallest absolute Gasteiger partial charge is 0.317 e. The standard InChI is InChI=1S/C29H44N4O8S.Lu/c1-42-20-28(37)8-6-26-4-2-3-25(17-26)5-7-27(36)18-30-9-10-31(19-29(38)39)12-14-33(22-41-24-35)16-15-32(13-11-30)21-40-23-34;/h2-4,17,23-24H,5-16,18-22H2,1H3,(H,38,39);. The first kappa shape index (κ1) is 39.4. The van der Waals surface area contributed by atoms with Crippen LogP contribution in [0.3, 0.4) is 0 Å². The third-order valence-corrected chi connectivity index (χ3v) is 7.63. The minimum absolute atomic E-state index is 0. The number of rotatable bonds is 18. The van der Waals surface area contributed by atoms with E-state index in [0.717, 1.165) is 11.1 Å². The summed E-state index contributed by atoms with van der Waals surface area (Å²) in [5.41, 5.74) is 2.14. The van der Waals surface area contributed by atoms with Crippen molar-refractivity contribution >= 4 is 42.2 Å². The molecule has 0 amide bonds. The molecule has 2 rings (SSSR count). The summed E-state index contributed by atoms with van der Waals surface area (Å²) in [6, 6.07) is 8.03. The Bertz CT molecular complexity index is 1000. The molecule has 249 valence electrons. The zero-order chi connectivity index (χ0) is 30.6. The van der Waals surface area contributed by atoms with Crippen LogP contribution in [-0.4, -0.2) is 146 Å². The molecule has 0 aliphatic carbocycles. The molecule has 0 aromatic heterocycles. The van der Waals surface area contributed by atoms with Gasteiger partial charge >= 0.3 is 5.97 Å². The first-order chi connectivity index (χ1) is 20.3. The van der Waals surface area contributed by atoms with E-state index < -0.39 is 5.97 Å². The molecule has 1 aliphatic rings. The molecule has 12 nitrogen and oxygen atoms in total. The van der Waals surface area contributed by atoms with Crippen molar-refractivity contribution in [3.63, 3.8) is 0 Å². The summed E-state index contributed by atoms with van der Waals surface area (Å²) in [5.74, 6) is -0.0968. The monoisotopic (exact) mass is 783 g/mol. The van der Waals surface area contributed by atoms with Gasteiger partial charge in [-0.15, -0.1) is 0 Å². The number of carboxylic acid groups (broad SMARTS) is 1. The van der Waals surface area contributed by atoms with Crippen LogP contribution in [0, 0.1) is 36.9 Å². The topological polar surface area (TPSA) is 137 Å². The summed E-state index contributed by atoms with van der Waals surface area (Å²) in [6.07, 6.45) is 4.08. The van der Waals surface area contributed by atoms with Crippen LogP contribution >= 0.6 is 11.8 Å². The molecule has 1 aliphatic heterocycles. The van der Waals surface area contributed by atoms with E-state index in [-0.39, 0.29) is 75.0 Å². The Kier molecular flexibility index (Phi) is 21.8. The normalized spacial score (nSPS) is 16.2. The number of benzene rings is 1. The SMILES string of the molecule is CSCC(=O)CCc1cccc(CCC(=O)CN2CCN(COC=O)CCN(COC=O)CCN(CC(=O)O)CC2)c1.[Lu]. The summed E-state index contributed by atoms with van der Waals surface area (Å²) in [6.45, 7) is 4.99. The number of hydrogen-bond acceptors (Lipinski definition) is 12. The first-order valence-corrected chi connectivity index (χ1v) is 15.5. The average molecular weight is 784 g/mol. The number of hydrogen-bond donors (Lipinski definition) is 1. The summed E-state index contributed by atoms with van der Waals surface area (Å²) in [4.78, 5) is 65.7. The molecule has 0 unspecified atom stereocenters. The number of thioether (sulfide) groups is 1. The van der Waals surface area contributed by atoms with Crippen molar-refractivity contribution in [2.45, 2.75) is 25.7 Å². The number of carbonyl (C=O) groups excluding carboxylic acids is 4. The number of ether oxygens (including phenoxy) is 2. The summed E-state index contributed by atoms with van der Waals surface area (Å²) < 4.78 is 9.92. The van der Waals surface area contributed by atoms with E-state index >= 15 is 0 Å². The zero-order valence-electron chi connectivity index (χ0n) is 24.7. The Morgan fingerprint density at radius 2 is 1.21 bits per heavy atom. The van der Waals surface area contributed by atoms with E-state index in [9.17, 15) is 29.1 Å². The molecule has 1 aromatic carbocycles. The van der Waals surface area contributed by atoms with Crippen LogP contribution in [0.25, 0.3) is 0 Å². The molecule has 1 N–H and O–H groups in total. The van der Waals surface area contributed by atoms with Gasteiger partial charge < -0.3 is 14.6 Å². The van der Waals surface area contributed by atoms with Crippen LogP contribution < -0.4 is 0 Å². The maximum Gasteiger partial charge on any atom is 0.317 e. The number of Topliss-reactive ketones (excluding diaryl/α,β-unsaturated/α-hetero) is 2. The van der Waals surface area contributed by atoms with Gasteiger partial charge in [0.25, 0.3) is 12.9 Å². The Morgan fingerprint density at radius 3 is 1.65 bits per heavy atom. The molecule has 0 bridgehead atoms. The molecule has 1 fully saturated rings. The molecular weight excluding hydrogens is 739 g/mol. The van der Waals surface area contributed by atoms with Gasteiger partial charge in [-0.1, -0.05) is 24.3 Å². The van der Waals surface area contributed by atoms with Gasteiger partial charge in [0.05, 0.1) is 18.8 Å². The summed E-state index contributed by atoms with van der Waals surface area (Å²) >= 11 is 1.53. The van der Waals surface area contributed by atoms with Gasteiger partial charge in [-0.3, -0.25) is 43.6 Å². The number of aliphatic carboxylic acids is 1. The van der Waals surface area contributed by atoms with Crippen molar-refractivity contribution in [2.75, 3.05) is 90.9 Å². The van der Waals surface area contributed by atoms with E-state index in [1.807, 2.05) is 44.1 Å². The predicted molar refractivity (Wildman–Crippen MR) is 159 cm³/mol. The second-order valence-corrected chi connectivity index (χ2v) is 11.2. The Balaban J connectivity index is 0.00000924. The van der Waals surface area contributed by atoms with Crippen molar-refractivity contribution in [3.8, 4) is 0 Å². The van der Waals surface area contributed by atoms with Crippen LogP contribution in [0.1, 0.15) is 24.0 Å². The first-order valence-electron chi connectivity index (χ1n) is 14.1. The van der Waals surface area contributed by atoms with E-state index in [2.05, 4.69) is 6.07 Å². The van der Waals surface area contributed by atoms with Gasteiger partial charge in [-0.05, 0) is 30.2 Å². The maximum absolute atomic E-state index is 13.1. The molecule has 1 aromatic rings. The van der Waals surface area contributed by atoms with Crippen LogP contribution in [0.2, 0.25) is 0 Å². The van der Waals surface area contributed by atoms with Crippen LogP contribution in [-0.2, 0) is 46.3 Å². The molecular formula is C29H44LuN4O8S. The summed E-state index contributed by atoms with van der Waals surface area (Å²) in [5, 5.41) is 9.41. The molecule has 0 atom stereocenters. The van der Waals surface area contributed by atoms with Gasteiger partial charge in [0.1, 0.15) is 25.0 Å². The van der Waals surface area contributed by atoms with Crippen molar-refractivity contribution in [1.82, 2.24) is 19.6 Å².